The monoisotopic (exact) mass is 554 g/mol. The molecular formula is C25H28Cl2N2O6S. The van der Waals surface area contributed by atoms with Crippen LogP contribution in [0, 0.1) is 0 Å². The standard InChI is InChI=1S/C25H28Cl2N2O6S/c1-36(33,34)28-19-6-8-21(9-7-19)35-16-20(30)15-29(14-18-3-2-4-24(31)25(18)32)12-11-17-5-10-22(26)23(27)13-17/h2-10,13,20,28,30-32H,11-12,14-16H2,1H3/t20-/m0/s1. The van der Waals surface area contributed by atoms with Crippen LogP contribution in [0.15, 0.2) is 60.7 Å². The van der Waals surface area contributed by atoms with Crippen molar-refractivity contribution < 1.29 is 28.5 Å². The molecule has 8 nitrogen and oxygen atoms in total. The van der Waals surface area contributed by atoms with Crippen molar-refractivity contribution in [3.63, 3.8) is 0 Å². The predicted octanol–water partition coefficient (Wildman–Crippen LogP) is 4.26. The minimum atomic E-state index is -3.37. The topological polar surface area (TPSA) is 119 Å². The number of nitrogens with zero attached hydrogens (tertiary/aromatic N) is 1. The highest BCUT2D eigenvalue weighted by Gasteiger charge is 2.17. The molecule has 11 heteroatoms. The lowest BCUT2D eigenvalue weighted by Crippen LogP contribution is -2.36. The molecule has 0 spiro atoms. The lowest BCUT2D eigenvalue weighted by Gasteiger charge is -2.26. The number of aromatic hydroxyl groups is 2. The van der Waals surface area contributed by atoms with Gasteiger partial charge in [-0.3, -0.25) is 9.62 Å². The molecule has 3 rings (SSSR count). The van der Waals surface area contributed by atoms with Gasteiger partial charge in [-0.1, -0.05) is 41.4 Å². The molecule has 0 aliphatic rings. The Morgan fingerprint density at radius 1 is 1.03 bits per heavy atom. The molecule has 1 atom stereocenters. The second-order valence-electron chi connectivity index (χ2n) is 8.38. The van der Waals surface area contributed by atoms with Crippen molar-refractivity contribution in [2.45, 2.75) is 19.1 Å². The number of hydrogen-bond acceptors (Lipinski definition) is 7. The van der Waals surface area contributed by atoms with E-state index >= 15 is 0 Å². The van der Waals surface area contributed by atoms with Gasteiger partial charge in [-0.2, -0.15) is 0 Å². The van der Waals surface area contributed by atoms with Gasteiger partial charge in [-0.25, -0.2) is 8.42 Å². The number of rotatable bonds is 12. The summed E-state index contributed by atoms with van der Waals surface area (Å²) in [5.74, 6) is 0.0567. The Morgan fingerprint density at radius 2 is 1.75 bits per heavy atom. The van der Waals surface area contributed by atoms with Crippen molar-refractivity contribution in [3.05, 3.63) is 81.8 Å². The summed E-state index contributed by atoms with van der Waals surface area (Å²) >= 11 is 12.1. The minimum absolute atomic E-state index is 0.00581. The van der Waals surface area contributed by atoms with Crippen molar-refractivity contribution in [2.75, 3.05) is 30.7 Å². The highest BCUT2D eigenvalue weighted by molar-refractivity contribution is 7.92. The van der Waals surface area contributed by atoms with E-state index in [1.165, 1.54) is 6.07 Å². The van der Waals surface area contributed by atoms with E-state index in [1.54, 1.807) is 48.5 Å². The van der Waals surface area contributed by atoms with E-state index in [0.717, 1.165) is 11.8 Å². The van der Waals surface area contributed by atoms with Gasteiger partial charge in [0.2, 0.25) is 10.0 Å². The van der Waals surface area contributed by atoms with E-state index in [-0.39, 0.29) is 31.2 Å². The number of ether oxygens (including phenoxy) is 1. The maximum absolute atomic E-state index is 11.3. The highest BCUT2D eigenvalue weighted by Crippen LogP contribution is 2.29. The normalized spacial score (nSPS) is 12.5. The minimum Gasteiger partial charge on any atom is -0.504 e. The maximum Gasteiger partial charge on any atom is 0.229 e. The van der Waals surface area contributed by atoms with Gasteiger partial charge >= 0.3 is 0 Å². The van der Waals surface area contributed by atoms with Crippen molar-refractivity contribution in [1.29, 1.82) is 0 Å². The molecule has 3 aromatic rings. The van der Waals surface area contributed by atoms with Gasteiger partial charge in [0.05, 0.1) is 16.3 Å². The number of aliphatic hydroxyl groups excluding tert-OH is 1. The second kappa shape index (κ2) is 12.5. The van der Waals surface area contributed by atoms with Gasteiger partial charge in [0.25, 0.3) is 0 Å². The van der Waals surface area contributed by atoms with Crippen LogP contribution in [0.1, 0.15) is 11.1 Å². The van der Waals surface area contributed by atoms with E-state index in [1.807, 2.05) is 11.0 Å². The van der Waals surface area contributed by atoms with Gasteiger partial charge in [0, 0.05) is 30.9 Å². The summed E-state index contributed by atoms with van der Waals surface area (Å²) < 4.78 is 30.7. The Bertz CT molecular complexity index is 1270. The number of benzene rings is 3. The quantitative estimate of drug-likeness (QED) is 0.247. The molecule has 0 saturated carbocycles. The van der Waals surface area contributed by atoms with E-state index in [4.69, 9.17) is 27.9 Å². The van der Waals surface area contributed by atoms with E-state index in [9.17, 15) is 23.7 Å². The van der Waals surface area contributed by atoms with Gasteiger partial charge in [-0.05, 0) is 54.4 Å². The van der Waals surface area contributed by atoms with Crippen molar-refractivity contribution in [3.8, 4) is 17.2 Å². The van der Waals surface area contributed by atoms with E-state index < -0.39 is 16.1 Å². The molecule has 3 aromatic carbocycles. The molecule has 0 aromatic heterocycles. The fraction of sp³-hybridized carbons (Fsp3) is 0.280. The van der Waals surface area contributed by atoms with Gasteiger partial charge in [0.1, 0.15) is 18.5 Å². The van der Waals surface area contributed by atoms with Crippen LogP contribution in [-0.4, -0.2) is 60.7 Å². The number of anilines is 1. The summed E-state index contributed by atoms with van der Waals surface area (Å²) in [6.07, 6.45) is 0.809. The number of hydrogen-bond donors (Lipinski definition) is 4. The summed E-state index contributed by atoms with van der Waals surface area (Å²) in [5, 5.41) is 31.7. The lowest BCUT2D eigenvalue weighted by molar-refractivity contribution is 0.0656. The first kappa shape index (κ1) is 27.9. The van der Waals surface area contributed by atoms with Crippen LogP contribution in [0.3, 0.4) is 0 Å². The maximum atomic E-state index is 11.3. The molecule has 0 heterocycles. The summed E-state index contributed by atoms with van der Waals surface area (Å²) in [7, 11) is -3.37. The van der Waals surface area contributed by atoms with Crippen LogP contribution < -0.4 is 9.46 Å². The molecule has 0 saturated heterocycles. The van der Waals surface area contributed by atoms with E-state index in [2.05, 4.69) is 4.72 Å². The molecule has 4 N–H and O–H groups in total. The SMILES string of the molecule is CS(=O)(=O)Nc1ccc(OC[C@@H](O)CN(CCc2ccc(Cl)c(Cl)c2)Cc2cccc(O)c2O)cc1. The van der Waals surface area contributed by atoms with Crippen LogP contribution in [0.2, 0.25) is 10.0 Å². The summed E-state index contributed by atoms with van der Waals surface area (Å²) in [4.78, 5) is 1.93. The zero-order valence-corrected chi connectivity index (χ0v) is 21.9. The van der Waals surface area contributed by atoms with Crippen LogP contribution in [0.4, 0.5) is 5.69 Å². The fourth-order valence-electron chi connectivity index (χ4n) is 3.54. The molecule has 36 heavy (non-hydrogen) atoms. The summed E-state index contributed by atoms with van der Waals surface area (Å²) in [5.41, 5.74) is 1.89. The van der Waals surface area contributed by atoms with Crippen LogP contribution >= 0.6 is 23.2 Å². The Morgan fingerprint density at radius 3 is 2.42 bits per heavy atom. The first-order chi connectivity index (χ1) is 17.0. The van der Waals surface area contributed by atoms with Gasteiger partial charge < -0.3 is 20.1 Å². The lowest BCUT2D eigenvalue weighted by atomic mass is 10.1. The number of nitrogens with one attached hydrogen (secondary N) is 1. The number of phenols is 2. The Labute approximate surface area is 220 Å². The number of para-hydroxylation sites is 1. The molecule has 0 radical (unpaired) electrons. The summed E-state index contributed by atoms with van der Waals surface area (Å²) in [6, 6.07) is 16.5. The third kappa shape index (κ3) is 8.76. The fourth-order valence-corrected chi connectivity index (χ4v) is 4.42. The Balaban J connectivity index is 1.63. The molecule has 0 amide bonds. The zero-order chi connectivity index (χ0) is 26.3. The van der Waals surface area contributed by atoms with Crippen molar-refractivity contribution in [2.24, 2.45) is 0 Å². The van der Waals surface area contributed by atoms with Gasteiger partial charge in [-0.15, -0.1) is 0 Å². The second-order valence-corrected chi connectivity index (χ2v) is 10.9. The number of phenolic OH excluding ortho intramolecular Hbond substituents is 2. The summed E-state index contributed by atoms with van der Waals surface area (Å²) in [6.45, 7) is 1.03. The first-order valence-electron chi connectivity index (χ1n) is 11.0. The highest BCUT2D eigenvalue weighted by atomic mass is 35.5. The molecule has 0 unspecified atom stereocenters. The zero-order valence-electron chi connectivity index (χ0n) is 19.6. The van der Waals surface area contributed by atoms with Crippen molar-refractivity contribution in [1.82, 2.24) is 4.90 Å². The Hall–Kier alpha value is -2.69. The molecule has 0 bridgehead atoms. The average molecular weight is 555 g/mol. The van der Waals surface area contributed by atoms with Crippen LogP contribution in [0.25, 0.3) is 0 Å². The van der Waals surface area contributed by atoms with Gasteiger partial charge in [0.15, 0.2) is 11.5 Å². The van der Waals surface area contributed by atoms with Crippen molar-refractivity contribution >= 4 is 38.9 Å². The van der Waals surface area contributed by atoms with Crippen LogP contribution in [0.5, 0.6) is 17.2 Å². The molecular weight excluding hydrogens is 527 g/mol. The molecule has 0 aliphatic heterocycles. The number of sulfonamides is 1. The third-order valence-corrected chi connectivity index (χ3v) is 6.61. The Kier molecular flexibility index (Phi) is 9.69. The third-order valence-electron chi connectivity index (χ3n) is 5.26. The molecule has 0 aliphatic carbocycles. The average Bonchev–Trinajstić information content (AvgIpc) is 2.81. The first-order valence-corrected chi connectivity index (χ1v) is 13.7. The smallest absolute Gasteiger partial charge is 0.229 e. The molecule has 0 fully saturated rings. The number of halogens is 2. The largest absolute Gasteiger partial charge is 0.504 e. The molecule has 194 valence electrons. The van der Waals surface area contributed by atoms with E-state index in [0.29, 0.717) is 40.0 Å². The van der Waals surface area contributed by atoms with Crippen LogP contribution in [-0.2, 0) is 23.0 Å². The number of aliphatic hydroxyl groups is 1. The predicted molar refractivity (Wildman–Crippen MR) is 142 cm³/mol.